The van der Waals surface area contributed by atoms with Gasteiger partial charge < -0.3 is 15.3 Å². The van der Waals surface area contributed by atoms with E-state index in [0.29, 0.717) is 5.56 Å². The van der Waals surface area contributed by atoms with Crippen molar-refractivity contribution in [2.75, 3.05) is 0 Å². The van der Waals surface area contributed by atoms with Gasteiger partial charge in [-0.05, 0) is 18.6 Å². The van der Waals surface area contributed by atoms with Crippen molar-refractivity contribution >= 4 is 11.5 Å². The molecule has 0 atom stereocenters. The molecule has 0 saturated carbocycles. The molecule has 0 aliphatic heterocycles. The average Bonchev–Trinajstić information content (AvgIpc) is 2.62. The van der Waals surface area contributed by atoms with Crippen molar-refractivity contribution in [2.24, 2.45) is 10.9 Å². The molecule has 14 heavy (non-hydrogen) atoms. The van der Waals surface area contributed by atoms with Gasteiger partial charge in [0, 0.05) is 24.2 Å². The van der Waals surface area contributed by atoms with Crippen molar-refractivity contribution in [1.29, 1.82) is 0 Å². The Morgan fingerprint density at radius 1 is 1.64 bits per heavy atom. The molecule has 0 aromatic carbocycles. The SMILES string of the molecule is Cc1cc2nccn2cc1/C(N)=N/O. The van der Waals surface area contributed by atoms with Gasteiger partial charge in [-0.15, -0.1) is 0 Å². The number of fused-ring (bicyclic) bond motifs is 1. The van der Waals surface area contributed by atoms with Crippen LogP contribution in [0.25, 0.3) is 5.65 Å². The third-order valence-electron chi connectivity index (χ3n) is 2.12. The van der Waals surface area contributed by atoms with Crippen LogP contribution in [0.15, 0.2) is 29.8 Å². The van der Waals surface area contributed by atoms with Gasteiger partial charge in [-0.1, -0.05) is 5.16 Å². The molecule has 5 nitrogen and oxygen atoms in total. The van der Waals surface area contributed by atoms with Gasteiger partial charge in [0.05, 0.1) is 0 Å². The molecule has 0 saturated heterocycles. The third-order valence-corrected chi connectivity index (χ3v) is 2.12. The van der Waals surface area contributed by atoms with Crippen molar-refractivity contribution in [3.8, 4) is 0 Å². The highest BCUT2D eigenvalue weighted by molar-refractivity contribution is 5.98. The zero-order valence-corrected chi connectivity index (χ0v) is 7.68. The Hall–Kier alpha value is -2.04. The van der Waals surface area contributed by atoms with Crippen molar-refractivity contribution in [3.63, 3.8) is 0 Å². The molecule has 0 spiro atoms. The van der Waals surface area contributed by atoms with Gasteiger partial charge in [0.25, 0.3) is 0 Å². The Kier molecular flexibility index (Phi) is 1.85. The van der Waals surface area contributed by atoms with E-state index < -0.39 is 0 Å². The number of pyridine rings is 1. The normalized spacial score (nSPS) is 12.2. The smallest absolute Gasteiger partial charge is 0.171 e. The molecule has 0 unspecified atom stereocenters. The summed E-state index contributed by atoms with van der Waals surface area (Å²) in [5.74, 6) is 0.109. The van der Waals surface area contributed by atoms with Gasteiger partial charge in [-0.25, -0.2) is 4.98 Å². The van der Waals surface area contributed by atoms with E-state index in [4.69, 9.17) is 10.9 Å². The molecular weight excluding hydrogens is 180 g/mol. The zero-order chi connectivity index (χ0) is 10.1. The van der Waals surface area contributed by atoms with Crippen molar-refractivity contribution in [1.82, 2.24) is 9.38 Å². The second-order valence-electron chi connectivity index (χ2n) is 3.05. The van der Waals surface area contributed by atoms with Gasteiger partial charge in [-0.2, -0.15) is 0 Å². The Balaban J connectivity index is 2.71. The summed E-state index contributed by atoms with van der Waals surface area (Å²) < 4.78 is 1.82. The number of nitrogens with two attached hydrogens (primary N) is 1. The molecule has 0 aliphatic rings. The summed E-state index contributed by atoms with van der Waals surface area (Å²) >= 11 is 0. The minimum atomic E-state index is 0.109. The first kappa shape index (κ1) is 8.55. The van der Waals surface area contributed by atoms with E-state index in [9.17, 15) is 0 Å². The van der Waals surface area contributed by atoms with Crippen molar-refractivity contribution < 1.29 is 5.21 Å². The number of rotatable bonds is 1. The summed E-state index contributed by atoms with van der Waals surface area (Å²) in [5, 5.41) is 11.5. The summed E-state index contributed by atoms with van der Waals surface area (Å²) in [6, 6.07) is 1.88. The molecule has 3 N–H and O–H groups in total. The lowest BCUT2D eigenvalue weighted by Gasteiger charge is -2.04. The molecule has 2 aromatic heterocycles. The van der Waals surface area contributed by atoms with Crippen LogP contribution in [0.4, 0.5) is 0 Å². The van der Waals surface area contributed by atoms with Crippen LogP contribution < -0.4 is 5.73 Å². The molecule has 2 heterocycles. The number of hydrogen-bond acceptors (Lipinski definition) is 3. The number of aryl methyl sites for hydroxylation is 1. The summed E-state index contributed by atoms with van der Waals surface area (Å²) in [4.78, 5) is 4.13. The molecule has 0 aliphatic carbocycles. The first-order chi connectivity index (χ1) is 6.72. The number of hydrogen-bond donors (Lipinski definition) is 2. The van der Waals surface area contributed by atoms with Crippen LogP contribution in [0, 0.1) is 6.92 Å². The molecule has 0 amide bonds. The Morgan fingerprint density at radius 2 is 2.43 bits per heavy atom. The van der Waals surface area contributed by atoms with Gasteiger partial charge in [-0.3, -0.25) is 0 Å². The maximum absolute atomic E-state index is 8.57. The van der Waals surface area contributed by atoms with Gasteiger partial charge in [0.15, 0.2) is 5.84 Å². The highest BCUT2D eigenvalue weighted by atomic mass is 16.4. The molecule has 0 fully saturated rings. The fourth-order valence-electron chi connectivity index (χ4n) is 1.38. The molecule has 5 heteroatoms. The van der Waals surface area contributed by atoms with E-state index in [0.717, 1.165) is 11.2 Å². The van der Waals surface area contributed by atoms with Crippen LogP contribution in [0.5, 0.6) is 0 Å². The van der Waals surface area contributed by atoms with E-state index in [1.165, 1.54) is 0 Å². The quantitative estimate of drug-likeness (QED) is 0.301. The number of amidine groups is 1. The first-order valence-electron chi connectivity index (χ1n) is 4.13. The van der Waals surface area contributed by atoms with Crippen LogP contribution >= 0.6 is 0 Å². The summed E-state index contributed by atoms with van der Waals surface area (Å²) in [5.41, 5.74) is 8.00. The van der Waals surface area contributed by atoms with Gasteiger partial charge in [0.1, 0.15) is 5.65 Å². The highest BCUT2D eigenvalue weighted by Crippen LogP contribution is 2.10. The van der Waals surface area contributed by atoms with Crippen LogP contribution in [0.1, 0.15) is 11.1 Å². The molecular formula is C9H10N4O. The lowest BCUT2D eigenvalue weighted by atomic mass is 10.1. The van der Waals surface area contributed by atoms with Crippen molar-refractivity contribution in [3.05, 3.63) is 35.8 Å². The summed E-state index contributed by atoms with van der Waals surface area (Å²) in [7, 11) is 0. The highest BCUT2D eigenvalue weighted by Gasteiger charge is 2.05. The third kappa shape index (κ3) is 1.19. The molecule has 2 rings (SSSR count). The maximum Gasteiger partial charge on any atom is 0.171 e. The second kappa shape index (κ2) is 3.02. The minimum absolute atomic E-state index is 0.109. The summed E-state index contributed by atoms with van der Waals surface area (Å²) in [6.07, 6.45) is 5.29. The summed E-state index contributed by atoms with van der Waals surface area (Å²) in [6.45, 7) is 1.89. The van der Waals surface area contributed by atoms with E-state index in [-0.39, 0.29) is 5.84 Å². The van der Waals surface area contributed by atoms with E-state index >= 15 is 0 Å². The van der Waals surface area contributed by atoms with E-state index in [2.05, 4.69) is 10.1 Å². The number of nitrogens with zero attached hydrogens (tertiary/aromatic N) is 3. The van der Waals surface area contributed by atoms with Crippen LogP contribution in [-0.4, -0.2) is 20.4 Å². The zero-order valence-electron chi connectivity index (χ0n) is 7.68. The lowest BCUT2D eigenvalue weighted by Crippen LogP contribution is -2.15. The van der Waals surface area contributed by atoms with Gasteiger partial charge in [0.2, 0.25) is 0 Å². The topological polar surface area (TPSA) is 75.9 Å². The molecule has 0 radical (unpaired) electrons. The average molecular weight is 190 g/mol. The van der Waals surface area contributed by atoms with E-state index in [1.54, 1.807) is 12.4 Å². The van der Waals surface area contributed by atoms with Gasteiger partial charge >= 0.3 is 0 Å². The second-order valence-corrected chi connectivity index (χ2v) is 3.05. The predicted molar refractivity (Wildman–Crippen MR) is 52.4 cm³/mol. The number of aromatic nitrogens is 2. The number of oxime groups is 1. The standard InChI is InChI=1S/C9H10N4O/c1-6-4-8-11-2-3-13(8)5-7(6)9(10)12-14/h2-5,14H,1H3,(H2,10,12). The lowest BCUT2D eigenvalue weighted by molar-refractivity contribution is 0.318. The fourth-order valence-corrected chi connectivity index (χ4v) is 1.38. The fraction of sp³-hybridized carbons (Fsp3) is 0.111. The maximum atomic E-state index is 8.57. The largest absolute Gasteiger partial charge is 0.409 e. The first-order valence-corrected chi connectivity index (χ1v) is 4.13. The molecule has 72 valence electrons. The van der Waals surface area contributed by atoms with Crippen LogP contribution in [-0.2, 0) is 0 Å². The van der Waals surface area contributed by atoms with Crippen molar-refractivity contribution in [2.45, 2.75) is 6.92 Å². The minimum Gasteiger partial charge on any atom is -0.409 e. The Labute approximate surface area is 80.5 Å². The Bertz CT molecular complexity index is 500. The molecule has 0 bridgehead atoms. The predicted octanol–water partition coefficient (Wildman–Crippen LogP) is 0.737. The van der Waals surface area contributed by atoms with E-state index in [1.807, 2.05) is 23.6 Å². The monoisotopic (exact) mass is 190 g/mol. The Morgan fingerprint density at radius 3 is 3.14 bits per heavy atom. The number of imidazole rings is 1. The van der Waals surface area contributed by atoms with Crippen LogP contribution in [0.2, 0.25) is 0 Å². The van der Waals surface area contributed by atoms with Crippen LogP contribution in [0.3, 0.4) is 0 Å². The molecule has 2 aromatic rings.